The van der Waals surface area contributed by atoms with E-state index in [0.717, 1.165) is 10.5 Å². The van der Waals surface area contributed by atoms with Crippen molar-refractivity contribution >= 4 is 41.2 Å². The Morgan fingerprint density at radius 1 is 0.871 bits per heavy atom. The molecular weight excluding hydrogens is 416 g/mol. The van der Waals surface area contributed by atoms with Crippen LogP contribution in [0.25, 0.3) is 6.08 Å². The van der Waals surface area contributed by atoms with Crippen molar-refractivity contribution < 1.29 is 19.1 Å². The van der Waals surface area contributed by atoms with Crippen LogP contribution >= 0.6 is 11.6 Å². The molecule has 0 spiro atoms. The molecule has 0 saturated carbocycles. The van der Waals surface area contributed by atoms with E-state index >= 15 is 0 Å². The van der Waals surface area contributed by atoms with Crippen LogP contribution in [0.4, 0.5) is 10.5 Å². The van der Waals surface area contributed by atoms with Crippen LogP contribution in [0.2, 0.25) is 5.02 Å². The largest absolute Gasteiger partial charge is 0.489 e. The van der Waals surface area contributed by atoms with Crippen LogP contribution in [-0.4, -0.2) is 17.8 Å². The molecule has 0 bridgehead atoms. The predicted molar refractivity (Wildman–Crippen MR) is 118 cm³/mol. The lowest BCUT2D eigenvalue weighted by molar-refractivity contribution is -0.122. The topological polar surface area (TPSA) is 75.7 Å². The normalized spacial score (nSPS) is 15.2. The lowest BCUT2D eigenvalue weighted by Crippen LogP contribution is -2.54. The van der Waals surface area contributed by atoms with Crippen LogP contribution in [0.15, 0.2) is 84.4 Å². The Bertz CT molecular complexity index is 1160. The molecule has 0 atom stereocenters. The van der Waals surface area contributed by atoms with Gasteiger partial charge in [-0.1, -0.05) is 54.1 Å². The third-order valence-corrected chi connectivity index (χ3v) is 4.88. The van der Waals surface area contributed by atoms with Crippen LogP contribution in [0.5, 0.6) is 5.75 Å². The first-order chi connectivity index (χ1) is 15.0. The van der Waals surface area contributed by atoms with Crippen molar-refractivity contribution in [2.24, 2.45) is 0 Å². The number of urea groups is 1. The Morgan fingerprint density at radius 3 is 2.23 bits per heavy atom. The number of barbiturate groups is 1. The summed E-state index contributed by atoms with van der Waals surface area (Å²) in [6.45, 7) is 0.431. The van der Waals surface area contributed by atoms with E-state index in [1.54, 1.807) is 36.4 Å². The van der Waals surface area contributed by atoms with Gasteiger partial charge in [-0.25, -0.2) is 9.69 Å². The third-order valence-electron chi connectivity index (χ3n) is 4.63. The zero-order valence-electron chi connectivity index (χ0n) is 16.2. The summed E-state index contributed by atoms with van der Waals surface area (Å²) >= 11 is 5.87. The highest BCUT2D eigenvalue weighted by atomic mass is 35.5. The highest BCUT2D eigenvalue weighted by molar-refractivity contribution is 6.39. The minimum absolute atomic E-state index is 0.146. The average Bonchev–Trinajstić information content (AvgIpc) is 2.78. The summed E-state index contributed by atoms with van der Waals surface area (Å²) in [6, 6.07) is 22.1. The number of benzene rings is 3. The van der Waals surface area contributed by atoms with Gasteiger partial charge in [0.15, 0.2) is 0 Å². The Kier molecular flexibility index (Phi) is 5.82. The molecule has 0 radical (unpaired) electrons. The molecule has 3 aromatic rings. The molecule has 154 valence electrons. The first-order valence-corrected chi connectivity index (χ1v) is 9.83. The number of carbonyl (C=O) groups excluding carboxylic acids is 3. The van der Waals surface area contributed by atoms with E-state index < -0.39 is 17.8 Å². The first-order valence-electron chi connectivity index (χ1n) is 9.45. The van der Waals surface area contributed by atoms with E-state index in [1.165, 1.54) is 18.2 Å². The SMILES string of the molecule is O=C1NC(=O)N(c2ccc(Cl)cc2)C(=O)/C1=C\c1ccc(OCc2ccccc2)cc1. The number of hydrogen-bond acceptors (Lipinski definition) is 4. The highest BCUT2D eigenvalue weighted by Crippen LogP contribution is 2.24. The minimum Gasteiger partial charge on any atom is -0.489 e. The quantitative estimate of drug-likeness (QED) is 0.472. The summed E-state index contributed by atoms with van der Waals surface area (Å²) in [7, 11) is 0. The average molecular weight is 433 g/mol. The van der Waals surface area contributed by atoms with Crippen molar-refractivity contribution in [2.75, 3.05) is 4.90 Å². The number of rotatable bonds is 5. The molecule has 1 aliphatic rings. The van der Waals surface area contributed by atoms with E-state index in [4.69, 9.17) is 16.3 Å². The van der Waals surface area contributed by atoms with Crippen LogP contribution in [0.1, 0.15) is 11.1 Å². The van der Waals surface area contributed by atoms with Gasteiger partial charge in [-0.15, -0.1) is 0 Å². The summed E-state index contributed by atoms with van der Waals surface area (Å²) in [5.41, 5.74) is 1.84. The third kappa shape index (κ3) is 4.65. The Labute approximate surface area is 183 Å². The molecule has 1 aliphatic heterocycles. The highest BCUT2D eigenvalue weighted by Gasteiger charge is 2.36. The fourth-order valence-electron chi connectivity index (χ4n) is 3.05. The van der Waals surface area contributed by atoms with E-state index in [9.17, 15) is 14.4 Å². The molecular formula is C24H17ClN2O4. The van der Waals surface area contributed by atoms with Gasteiger partial charge >= 0.3 is 6.03 Å². The summed E-state index contributed by atoms with van der Waals surface area (Å²) in [5, 5.41) is 2.66. The first kappa shape index (κ1) is 20.4. The second-order valence-corrected chi connectivity index (χ2v) is 7.21. The second kappa shape index (κ2) is 8.85. The Balaban J connectivity index is 1.52. The predicted octanol–water partition coefficient (Wildman–Crippen LogP) is 4.59. The van der Waals surface area contributed by atoms with Crippen LogP contribution < -0.4 is 15.0 Å². The number of hydrogen-bond donors (Lipinski definition) is 1. The van der Waals surface area contributed by atoms with Crippen LogP contribution in [0.3, 0.4) is 0 Å². The lowest BCUT2D eigenvalue weighted by atomic mass is 10.1. The van der Waals surface area contributed by atoms with Crippen molar-refractivity contribution in [3.8, 4) is 5.75 Å². The van der Waals surface area contributed by atoms with Gasteiger partial charge in [-0.2, -0.15) is 0 Å². The molecule has 4 amide bonds. The zero-order valence-corrected chi connectivity index (χ0v) is 17.0. The number of nitrogens with zero attached hydrogens (tertiary/aromatic N) is 1. The zero-order chi connectivity index (χ0) is 21.8. The molecule has 0 aliphatic carbocycles. The molecule has 1 fully saturated rings. The molecule has 3 aromatic carbocycles. The summed E-state index contributed by atoms with van der Waals surface area (Å²) in [4.78, 5) is 38.3. The molecule has 7 heteroatoms. The maximum atomic E-state index is 12.9. The van der Waals surface area contributed by atoms with E-state index in [-0.39, 0.29) is 5.57 Å². The molecule has 0 aromatic heterocycles. The molecule has 1 N–H and O–H groups in total. The molecule has 4 rings (SSSR count). The van der Waals surface area contributed by atoms with Crippen molar-refractivity contribution in [1.29, 1.82) is 0 Å². The van der Waals surface area contributed by atoms with Gasteiger partial charge in [-0.3, -0.25) is 14.9 Å². The molecule has 31 heavy (non-hydrogen) atoms. The van der Waals surface area contributed by atoms with Gasteiger partial charge in [-0.05, 0) is 53.6 Å². The Hall–Kier alpha value is -3.90. The number of amides is 4. The molecule has 6 nitrogen and oxygen atoms in total. The molecule has 1 heterocycles. The lowest BCUT2D eigenvalue weighted by Gasteiger charge is -2.26. The van der Waals surface area contributed by atoms with Gasteiger partial charge in [0.2, 0.25) is 0 Å². The number of imide groups is 2. The van der Waals surface area contributed by atoms with Gasteiger partial charge in [0.05, 0.1) is 5.69 Å². The van der Waals surface area contributed by atoms with Gasteiger partial charge in [0.25, 0.3) is 11.8 Å². The number of carbonyl (C=O) groups is 3. The molecule has 1 saturated heterocycles. The monoisotopic (exact) mass is 432 g/mol. The second-order valence-electron chi connectivity index (χ2n) is 6.78. The standard InChI is InChI=1S/C24H17ClN2O4/c25-18-8-10-19(11-9-18)27-23(29)21(22(28)26-24(27)30)14-16-6-12-20(13-7-16)31-15-17-4-2-1-3-5-17/h1-14H,15H2,(H,26,28,30)/b21-14-. The fourth-order valence-corrected chi connectivity index (χ4v) is 3.18. The van der Waals surface area contributed by atoms with Crippen LogP contribution in [-0.2, 0) is 16.2 Å². The van der Waals surface area contributed by atoms with Crippen molar-refractivity contribution in [3.05, 3.63) is 101 Å². The fraction of sp³-hybridized carbons (Fsp3) is 0.0417. The summed E-state index contributed by atoms with van der Waals surface area (Å²) < 4.78 is 5.75. The maximum absolute atomic E-state index is 12.9. The van der Waals surface area contributed by atoms with E-state index in [0.29, 0.717) is 28.6 Å². The van der Waals surface area contributed by atoms with Gasteiger partial charge in [0, 0.05) is 5.02 Å². The Morgan fingerprint density at radius 2 is 1.55 bits per heavy atom. The number of halogens is 1. The smallest absolute Gasteiger partial charge is 0.335 e. The minimum atomic E-state index is -0.806. The number of nitrogens with one attached hydrogen (secondary N) is 1. The van der Waals surface area contributed by atoms with E-state index in [2.05, 4.69) is 5.32 Å². The van der Waals surface area contributed by atoms with Crippen molar-refractivity contribution in [3.63, 3.8) is 0 Å². The number of ether oxygens (including phenoxy) is 1. The van der Waals surface area contributed by atoms with E-state index in [1.807, 2.05) is 30.3 Å². The van der Waals surface area contributed by atoms with Crippen molar-refractivity contribution in [1.82, 2.24) is 5.32 Å². The van der Waals surface area contributed by atoms with Gasteiger partial charge < -0.3 is 4.74 Å². The summed E-state index contributed by atoms with van der Waals surface area (Å²) in [6.07, 6.45) is 1.44. The summed E-state index contributed by atoms with van der Waals surface area (Å²) in [5.74, 6) is -0.798. The number of anilines is 1. The molecule has 0 unspecified atom stereocenters. The maximum Gasteiger partial charge on any atom is 0.335 e. The van der Waals surface area contributed by atoms with Crippen molar-refractivity contribution in [2.45, 2.75) is 6.61 Å². The van der Waals surface area contributed by atoms with Crippen LogP contribution in [0, 0.1) is 0 Å². The van der Waals surface area contributed by atoms with Gasteiger partial charge in [0.1, 0.15) is 17.9 Å².